The molecule has 136 valence electrons. The summed E-state index contributed by atoms with van der Waals surface area (Å²) in [5, 5.41) is 6.91. The van der Waals surface area contributed by atoms with E-state index in [1.54, 1.807) is 53.0 Å². The Kier molecular flexibility index (Phi) is 5.23. The fourth-order valence-electron chi connectivity index (χ4n) is 2.53. The molecule has 0 spiro atoms. The Balaban J connectivity index is 1.83. The molecule has 0 saturated carbocycles. The number of benzene rings is 1. The summed E-state index contributed by atoms with van der Waals surface area (Å²) in [6.45, 7) is 0.807. The van der Waals surface area contributed by atoms with Gasteiger partial charge in [-0.3, -0.25) is 10.00 Å². The summed E-state index contributed by atoms with van der Waals surface area (Å²) in [5.41, 5.74) is 7.77. The number of nitrogens with zero attached hydrogens (tertiary/aromatic N) is 3. The molecular formula is C18H21N5O3. The Bertz CT molecular complexity index is 900. The van der Waals surface area contributed by atoms with Crippen molar-refractivity contribution in [2.45, 2.75) is 0 Å². The summed E-state index contributed by atoms with van der Waals surface area (Å²) in [4.78, 5) is 12.1. The Morgan fingerprint density at radius 1 is 1.27 bits per heavy atom. The maximum Gasteiger partial charge on any atom is 0.418 e. The molecule has 1 amide bonds. The molecule has 8 heteroatoms. The number of aryl methyl sites for hydroxylation is 2. The van der Waals surface area contributed by atoms with Crippen molar-refractivity contribution in [2.24, 2.45) is 19.8 Å². The maximum atomic E-state index is 12.1. The van der Waals surface area contributed by atoms with Gasteiger partial charge in [0, 0.05) is 50.4 Å². The van der Waals surface area contributed by atoms with Crippen LogP contribution in [0.4, 0.5) is 10.5 Å². The van der Waals surface area contributed by atoms with Gasteiger partial charge in [-0.2, -0.15) is 5.10 Å². The van der Waals surface area contributed by atoms with Crippen LogP contribution >= 0.6 is 0 Å². The van der Waals surface area contributed by atoms with Crippen LogP contribution in [0.5, 0.6) is 11.6 Å². The molecule has 0 bridgehead atoms. The van der Waals surface area contributed by atoms with Gasteiger partial charge in [0.1, 0.15) is 12.4 Å². The molecule has 3 N–H and O–H groups in total. The normalized spacial score (nSPS) is 10.6. The predicted octanol–water partition coefficient (Wildman–Crippen LogP) is 2.37. The van der Waals surface area contributed by atoms with Crippen LogP contribution in [0.3, 0.4) is 0 Å². The Morgan fingerprint density at radius 3 is 2.77 bits per heavy atom. The van der Waals surface area contributed by atoms with Crippen LogP contribution in [-0.2, 0) is 14.1 Å². The highest BCUT2D eigenvalue weighted by Crippen LogP contribution is 2.32. The number of rotatable bonds is 6. The molecule has 0 radical (unpaired) electrons. The zero-order valence-electron chi connectivity index (χ0n) is 14.7. The van der Waals surface area contributed by atoms with Crippen molar-refractivity contribution >= 4 is 11.8 Å². The van der Waals surface area contributed by atoms with Gasteiger partial charge in [-0.1, -0.05) is 0 Å². The average Bonchev–Trinajstić information content (AvgIpc) is 3.22. The first-order valence-electron chi connectivity index (χ1n) is 8.14. The summed E-state index contributed by atoms with van der Waals surface area (Å²) >= 11 is 0. The number of aromatic nitrogens is 3. The number of nitrogens with one attached hydrogen (secondary N) is 1. The number of ether oxygens (including phenoxy) is 2. The van der Waals surface area contributed by atoms with Gasteiger partial charge in [0.2, 0.25) is 5.88 Å². The monoisotopic (exact) mass is 355 g/mol. The number of amides is 1. The van der Waals surface area contributed by atoms with E-state index in [1.165, 1.54) is 0 Å². The third kappa shape index (κ3) is 3.86. The number of hydrogen-bond acceptors (Lipinski definition) is 5. The molecule has 0 aliphatic rings. The highest BCUT2D eigenvalue weighted by molar-refractivity contribution is 5.88. The Hall–Kier alpha value is -3.26. The number of nitrogens with two attached hydrogens (primary N) is 1. The van der Waals surface area contributed by atoms with Crippen LogP contribution in [-0.4, -0.2) is 33.6 Å². The number of anilines is 1. The lowest BCUT2D eigenvalue weighted by molar-refractivity contribution is 0.212. The first-order valence-corrected chi connectivity index (χ1v) is 8.14. The van der Waals surface area contributed by atoms with Gasteiger partial charge in [-0.05, 0) is 30.3 Å². The molecular weight excluding hydrogens is 334 g/mol. The SMILES string of the molecule is Cn1cccc1OC(=O)Nc1ccc(OCCN)c(-c2ccnn2C)c1. The first-order chi connectivity index (χ1) is 12.6. The van der Waals surface area contributed by atoms with Gasteiger partial charge in [0.25, 0.3) is 0 Å². The fourth-order valence-corrected chi connectivity index (χ4v) is 2.53. The summed E-state index contributed by atoms with van der Waals surface area (Å²) in [7, 11) is 3.64. The second kappa shape index (κ2) is 7.75. The minimum atomic E-state index is -0.571. The second-order valence-electron chi connectivity index (χ2n) is 5.66. The van der Waals surface area contributed by atoms with Crippen molar-refractivity contribution < 1.29 is 14.3 Å². The van der Waals surface area contributed by atoms with E-state index in [4.69, 9.17) is 15.2 Å². The van der Waals surface area contributed by atoms with E-state index in [2.05, 4.69) is 10.4 Å². The molecule has 3 rings (SSSR count). The summed E-state index contributed by atoms with van der Waals surface area (Å²) in [6.07, 6.45) is 2.93. The highest BCUT2D eigenvalue weighted by Gasteiger charge is 2.13. The molecule has 2 heterocycles. The molecule has 0 fully saturated rings. The van der Waals surface area contributed by atoms with Gasteiger partial charge in [-0.15, -0.1) is 0 Å². The minimum Gasteiger partial charge on any atom is -0.492 e. The summed E-state index contributed by atoms with van der Waals surface area (Å²) < 4.78 is 14.4. The largest absolute Gasteiger partial charge is 0.492 e. The second-order valence-corrected chi connectivity index (χ2v) is 5.66. The van der Waals surface area contributed by atoms with Crippen molar-refractivity contribution in [3.63, 3.8) is 0 Å². The van der Waals surface area contributed by atoms with Gasteiger partial charge in [0.15, 0.2) is 0 Å². The summed E-state index contributed by atoms with van der Waals surface area (Å²) in [6, 6.07) is 10.7. The predicted molar refractivity (Wildman–Crippen MR) is 98.3 cm³/mol. The molecule has 26 heavy (non-hydrogen) atoms. The zero-order chi connectivity index (χ0) is 18.5. The third-order valence-electron chi connectivity index (χ3n) is 3.79. The number of carbonyl (C=O) groups excluding carboxylic acids is 1. The topological polar surface area (TPSA) is 96.3 Å². The lowest BCUT2D eigenvalue weighted by atomic mass is 10.1. The molecule has 8 nitrogen and oxygen atoms in total. The van der Waals surface area contributed by atoms with Crippen molar-refractivity contribution in [1.29, 1.82) is 0 Å². The quantitative estimate of drug-likeness (QED) is 0.708. The van der Waals surface area contributed by atoms with Crippen molar-refractivity contribution in [1.82, 2.24) is 14.3 Å². The van der Waals surface area contributed by atoms with Gasteiger partial charge in [0.05, 0.1) is 5.69 Å². The van der Waals surface area contributed by atoms with Crippen LogP contribution in [0.25, 0.3) is 11.3 Å². The van der Waals surface area contributed by atoms with E-state index < -0.39 is 6.09 Å². The molecule has 0 aliphatic carbocycles. The zero-order valence-corrected chi connectivity index (χ0v) is 14.7. The van der Waals surface area contributed by atoms with Crippen molar-refractivity contribution in [2.75, 3.05) is 18.5 Å². The molecule has 1 aromatic carbocycles. The Labute approximate surface area is 151 Å². The van der Waals surface area contributed by atoms with Crippen LogP contribution < -0.4 is 20.5 Å². The van der Waals surface area contributed by atoms with Gasteiger partial charge >= 0.3 is 6.09 Å². The Morgan fingerprint density at radius 2 is 2.12 bits per heavy atom. The number of hydrogen-bond donors (Lipinski definition) is 2. The van der Waals surface area contributed by atoms with E-state index in [0.29, 0.717) is 30.5 Å². The lowest BCUT2D eigenvalue weighted by Gasteiger charge is -2.14. The van der Waals surface area contributed by atoms with E-state index in [0.717, 1.165) is 11.3 Å². The van der Waals surface area contributed by atoms with Crippen molar-refractivity contribution in [3.8, 4) is 22.9 Å². The van der Waals surface area contributed by atoms with Gasteiger partial charge in [-0.25, -0.2) is 4.79 Å². The van der Waals surface area contributed by atoms with Crippen LogP contribution in [0.2, 0.25) is 0 Å². The minimum absolute atomic E-state index is 0.396. The van der Waals surface area contributed by atoms with Crippen LogP contribution in [0.15, 0.2) is 48.8 Å². The average molecular weight is 355 g/mol. The van der Waals surface area contributed by atoms with E-state index >= 15 is 0 Å². The summed E-state index contributed by atoms with van der Waals surface area (Å²) in [5.74, 6) is 1.12. The van der Waals surface area contributed by atoms with Gasteiger partial charge < -0.3 is 19.8 Å². The maximum absolute atomic E-state index is 12.1. The third-order valence-corrected chi connectivity index (χ3v) is 3.79. The highest BCUT2D eigenvalue weighted by atomic mass is 16.6. The first kappa shape index (κ1) is 17.6. The number of carbonyl (C=O) groups is 1. The van der Waals surface area contributed by atoms with Crippen molar-refractivity contribution in [3.05, 3.63) is 48.8 Å². The standard InChI is InChI=1S/C18H21N5O3/c1-22-10-3-4-17(22)26-18(24)21-13-5-6-16(25-11-8-19)14(12-13)15-7-9-20-23(15)2/h3-7,9-10,12H,8,11,19H2,1-2H3,(H,21,24). The van der Waals surface area contributed by atoms with E-state index in [9.17, 15) is 4.79 Å². The molecule has 0 unspecified atom stereocenters. The molecule has 3 aromatic rings. The lowest BCUT2D eigenvalue weighted by Crippen LogP contribution is -2.18. The molecule has 2 aromatic heterocycles. The smallest absolute Gasteiger partial charge is 0.418 e. The van der Waals surface area contributed by atoms with E-state index in [1.807, 2.05) is 19.2 Å². The molecule has 0 aliphatic heterocycles. The fraction of sp³-hybridized carbons (Fsp3) is 0.222. The van der Waals surface area contributed by atoms with Crippen LogP contribution in [0, 0.1) is 0 Å². The van der Waals surface area contributed by atoms with Crippen LogP contribution in [0.1, 0.15) is 0 Å². The van der Waals surface area contributed by atoms with E-state index in [-0.39, 0.29) is 0 Å². The molecule has 0 atom stereocenters. The molecule has 0 saturated heterocycles.